The Labute approximate surface area is 159 Å². The summed E-state index contributed by atoms with van der Waals surface area (Å²) in [6.07, 6.45) is -0.529. The molecule has 1 aliphatic rings. The molecular weight excluding hydrogens is 352 g/mol. The highest BCUT2D eigenvalue weighted by Gasteiger charge is 2.25. The molecule has 0 bridgehead atoms. The number of ether oxygens (including phenoxy) is 2. The van der Waals surface area contributed by atoms with Crippen molar-refractivity contribution >= 4 is 23.5 Å². The highest BCUT2D eigenvalue weighted by Crippen LogP contribution is 2.14. The molecule has 0 saturated carbocycles. The van der Waals surface area contributed by atoms with Gasteiger partial charge in [0.1, 0.15) is 0 Å². The van der Waals surface area contributed by atoms with Crippen molar-refractivity contribution in [2.45, 2.75) is 19.4 Å². The van der Waals surface area contributed by atoms with Crippen LogP contribution in [-0.4, -0.2) is 73.7 Å². The van der Waals surface area contributed by atoms with Crippen LogP contribution in [0.25, 0.3) is 0 Å². The first kappa shape index (κ1) is 20.9. The second-order valence-corrected chi connectivity index (χ2v) is 6.62. The predicted molar refractivity (Wildman–Crippen MR) is 102 cm³/mol. The van der Waals surface area contributed by atoms with Crippen molar-refractivity contribution in [3.05, 3.63) is 24.3 Å². The number of aliphatic hydroxyl groups is 1. The molecule has 1 saturated heterocycles. The molecule has 0 aliphatic carbocycles. The average Bonchev–Trinajstić information content (AvgIpc) is 2.62. The minimum Gasteiger partial charge on any atom is -0.450 e. The predicted octanol–water partition coefficient (Wildman–Crippen LogP) is 1.46. The monoisotopic (exact) mass is 380 g/mol. The number of hydrogen-bond acceptors (Lipinski definition) is 6. The average molecular weight is 380 g/mol. The SMILES string of the molecule is CCOC(=O)Nc1ccc(NC(=O)NC[C@](C)(O)CN2CCOCC2)cc1. The van der Waals surface area contributed by atoms with E-state index < -0.39 is 17.7 Å². The summed E-state index contributed by atoms with van der Waals surface area (Å²) in [7, 11) is 0. The molecule has 27 heavy (non-hydrogen) atoms. The highest BCUT2D eigenvalue weighted by molar-refractivity contribution is 5.90. The Hall–Kier alpha value is -2.36. The minimum atomic E-state index is -1.04. The molecule has 150 valence electrons. The first-order valence-electron chi connectivity index (χ1n) is 8.99. The van der Waals surface area contributed by atoms with Crippen molar-refractivity contribution in [2.75, 3.05) is 56.6 Å². The van der Waals surface area contributed by atoms with E-state index in [0.29, 0.717) is 37.7 Å². The molecule has 1 fully saturated rings. The lowest BCUT2D eigenvalue weighted by molar-refractivity contribution is -0.0205. The standard InChI is InChI=1S/C18H28N4O5/c1-3-27-17(24)21-15-6-4-14(5-7-15)20-16(23)19-12-18(2,25)13-22-8-10-26-11-9-22/h4-7,25H,3,8-13H2,1-2H3,(H,21,24)(H2,19,20,23)/t18-/m0/s1. The maximum Gasteiger partial charge on any atom is 0.411 e. The van der Waals surface area contributed by atoms with Crippen LogP contribution in [0.3, 0.4) is 0 Å². The first-order chi connectivity index (χ1) is 12.9. The zero-order valence-electron chi connectivity index (χ0n) is 15.8. The van der Waals surface area contributed by atoms with E-state index in [9.17, 15) is 14.7 Å². The highest BCUT2D eigenvalue weighted by atomic mass is 16.5. The van der Waals surface area contributed by atoms with Crippen molar-refractivity contribution in [1.82, 2.24) is 10.2 Å². The molecule has 0 aromatic heterocycles. The molecular formula is C18H28N4O5. The number of β-amino-alcohol motifs (C(OH)–C–C–N with tert-alkyl or cyclic N) is 1. The number of carbonyl (C=O) groups is 2. The Morgan fingerprint density at radius 3 is 2.37 bits per heavy atom. The van der Waals surface area contributed by atoms with E-state index >= 15 is 0 Å². The van der Waals surface area contributed by atoms with Crippen LogP contribution in [0, 0.1) is 0 Å². The van der Waals surface area contributed by atoms with Gasteiger partial charge in [-0.1, -0.05) is 0 Å². The van der Waals surface area contributed by atoms with Gasteiger partial charge in [0.25, 0.3) is 0 Å². The Balaban J connectivity index is 1.75. The van der Waals surface area contributed by atoms with Crippen LogP contribution in [0.15, 0.2) is 24.3 Å². The Morgan fingerprint density at radius 2 is 1.78 bits per heavy atom. The van der Waals surface area contributed by atoms with E-state index in [1.54, 1.807) is 38.1 Å². The fourth-order valence-corrected chi connectivity index (χ4v) is 2.66. The molecule has 4 N–H and O–H groups in total. The largest absolute Gasteiger partial charge is 0.450 e. The maximum absolute atomic E-state index is 12.0. The van der Waals surface area contributed by atoms with Gasteiger partial charge in [0.2, 0.25) is 0 Å². The van der Waals surface area contributed by atoms with Crippen molar-refractivity contribution in [3.8, 4) is 0 Å². The summed E-state index contributed by atoms with van der Waals surface area (Å²) in [4.78, 5) is 25.5. The molecule has 2 rings (SSSR count). The van der Waals surface area contributed by atoms with Crippen molar-refractivity contribution in [3.63, 3.8) is 0 Å². The van der Waals surface area contributed by atoms with E-state index in [2.05, 4.69) is 20.9 Å². The van der Waals surface area contributed by atoms with Crippen molar-refractivity contribution in [1.29, 1.82) is 0 Å². The van der Waals surface area contributed by atoms with Crippen LogP contribution in [0.4, 0.5) is 21.0 Å². The minimum absolute atomic E-state index is 0.124. The number of hydrogen-bond donors (Lipinski definition) is 4. The number of anilines is 2. The summed E-state index contributed by atoms with van der Waals surface area (Å²) in [5, 5.41) is 18.4. The van der Waals surface area contributed by atoms with E-state index in [-0.39, 0.29) is 6.54 Å². The first-order valence-corrected chi connectivity index (χ1v) is 8.99. The molecule has 1 aromatic rings. The topological polar surface area (TPSA) is 112 Å². The van der Waals surface area contributed by atoms with Gasteiger partial charge in [-0.3, -0.25) is 10.2 Å². The lowest BCUT2D eigenvalue weighted by Gasteiger charge is -2.33. The number of amides is 3. The van der Waals surface area contributed by atoms with E-state index in [1.165, 1.54) is 0 Å². The second kappa shape index (κ2) is 10.1. The quantitative estimate of drug-likeness (QED) is 0.570. The lowest BCUT2D eigenvalue weighted by atomic mass is 10.1. The zero-order chi connectivity index (χ0) is 19.7. The molecule has 0 unspecified atom stereocenters. The summed E-state index contributed by atoms with van der Waals surface area (Å²) in [6.45, 7) is 7.16. The van der Waals surface area contributed by atoms with Gasteiger partial charge in [-0.15, -0.1) is 0 Å². The number of nitrogens with zero attached hydrogens (tertiary/aromatic N) is 1. The maximum atomic E-state index is 12.0. The Kier molecular flexibility index (Phi) is 7.83. The van der Waals surface area contributed by atoms with Crippen molar-refractivity contribution < 1.29 is 24.2 Å². The van der Waals surface area contributed by atoms with Gasteiger partial charge in [-0.05, 0) is 38.1 Å². The van der Waals surface area contributed by atoms with Crippen LogP contribution >= 0.6 is 0 Å². The van der Waals surface area contributed by atoms with Gasteiger partial charge in [0.15, 0.2) is 0 Å². The normalized spacial score (nSPS) is 16.9. The zero-order valence-corrected chi connectivity index (χ0v) is 15.8. The molecule has 3 amide bonds. The number of morpholine rings is 1. The lowest BCUT2D eigenvalue weighted by Crippen LogP contribution is -2.51. The number of benzene rings is 1. The van der Waals surface area contributed by atoms with Crippen molar-refractivity contribution in [2.24, 2.45) is 0 Å². The fourth-order valence-electron chi connectivity index (χ4n) is 2.66. The molecule has 1 heterocycles. The smallest absolute Gasteiger partial charge is 0.411 e. The van der Waals surface area contributed by atoms with E-state index in [0.717, 1.165) is 13.1 Å². The van der Waals surface area contributed by atoms with Crippen LogP contribution in [0.2, 0.25) is 0 Å². The number of nitrogens with one attached hydrogen (secondary N) is 3. The Bertz CT molecular complexity index is 615. The fraction of sp³-hybridized carbons (Fsp3) is 0.556. The van der Waals surface area contributed by atoms with Gasteiger partial charge in [-0.2, -0.15) is 0 Å². The van der Waals surface area contributed by atoms with E-state index in [4.69, 9.17) is 9.47 Å². The summed E-state index contributed by atoms with van der Waals surface area (Å²) in [5.41, 5.74) is 0.0878. The summed E-state index contributed by atoms with van der Waals surface area (Å²) >= 11 is 0. The molecule has 1 aromatic carbocycles. The van der Waals surface area contributed by atoms with Gasteiger partial charge in [0.05, 0.1) is 25.4 Å². The number of rotatable bonds is 7. The molecule has 1 aliphatic heterocycles. The van der Waals surface area contributed by atoms with Gasteiger partial charge in [0, 0.05) is 37.6 Å². The van der Waals surface area contributed by atoms with Gasteiger partial charge in [-0.25, -0.2) is 9.59 Å². The van der Waals surface area contributed by atoms with Gasteiger partial charge < -0.3 is 25.2 Å². The van der Waals surface area contributed by atoms with E-state index in [1.807, 2.05) is 0 Å². The summed E-state index contributed by atoms with van der Waals surface area (Å²) < 4.78 is 10.1. The summed E-state index contributed by atoms with van der Waals surface area (Å²) in [5.74, 6) is 0. The van der Waals surface area contributed by atoms with Crippen LogP contribution in [0.1, 0.15) is 13.8 Å². The van der Waals surface area contributed by atoms with Crippen LogP contribution < -0.4 is 16.0 Å². The third-order valence-corrected chi connectivity index (χ3v) is 3.96. The molecule has 0 radical (unpaired) electrons. The van der Waals surface area contributed by atoms with Crippen LogP contribution in [-0.2, 0) is 9.47 Å². The molecule has 0 spiro atoms. The Morgan fingerprint density at radius 1 is 1.19 bits per heavy atom. The number of carbonyl (C=O) groups excluding carboxylic acids is 2. The van der Waals surface area contributed by atoms with Crippen LogP contribution in [0.5, 0.6) is 0 Å². The number of urea groups is 1. The summed E-state index contributed by atoms with van der Waals surface area (Å²) in [6, 6.07) is 6.21. The molecule has 9 heteroatoms. The molecule has 9 nitrogen and oxygen atoms in total. The third-order valence-electron chi connectivity index (χ3n) is 3.96. The second-order valence-electron chi connectivity index (χ2n) is 6.62. The van der Waals surface area contributed by atoms with Gasteiger partial charge >= 0.3 is 12.1 Å². The third kappa shape index (κ3) is 7.81. The molecule has 1 atom stereocenters.